The molecule has 2 heterocycles. The zero-order valence-corrected chi connectivity index (χ0v) is 17.6. The highest BCUT2D eigenvalue weighted by Gasteiger charge is 2.26. The van der Waals surface area contributed by atoms with Gasteiger partial charge in [0.2, 0.25) is 10.0 Å². The highest BCUT2D eigenvalue weighted by molar-refractivity contribution is 7.89. The number of rotatable bonds is 6. The van der Waals surface area contributed by atoms with Gasteiger partial charge in [-0.2, -0.15) is 4.31 Å². The Balaban J connectivity index is 1.62. The normalized spacial score (nSPS) is 15.1. The summed E-state index contributed by atoms with van der Waals surface area (Å²) in [5, 5.41) is 3.97. The van der Waals surface area contributed by atoms with Crippen LogP contribution in [-0.2, 0) is 14.8 Å². The molecule has 0 saturated carbocycles. The lowest BCUT2D eigenvalue weighted by Crippen LogP contribution is -2.40. The summed E-state index contributed by atoms with van der Waals surface area (Å²) >= 11 is 0. The molecule has 0 bridgehead atoms. The Bertz CT molecular complexity index is 1160. The molecule has 8 nitrogen and oxygen atoms in total. The maximum atomic E-state index is 12.9. The Kier molecular flexibility index (Phi) is 5.76. The summed E-state index contributed by atoms with van der Waals surface area (Å²) < 4.78 is 43.1. The number of nitrogens with one attached hydrogen (secondary N) is 1. The van der Waals surface area contributed by atoms with Crippen molar-refractivity contribution in [2.45, 2.75) is 4.90 Å². The van der Waals surface area contributed by atoms with Gasteiger partial charge in [0.05, 0.1) is 43.5 Å². The molecule has 0 atom stereocenters. The van der Waals surface area contributed by atoms with E-state index in [-0.39, 0.29) is 4.90 Å². The summed E-state index contributed by atoms with van der Waals surface area (Å²) in [5.74, 6) is 1.96. The molecule has 0 aliphatic carbocycles. The molecule has 1 saturated heterocycles. The van der Waals surface area contributed by atoms with Crippen molar-refractivity contribution in [3.8, 4) is 11.5 Å². The van der Waals surface area contributed by atoms with Crippen molar-refractivity contribution >= 4 is 32.4 Å². The third kappa shape index (κ3) is 4.04. The number of hydrogen-bond donors (Lipinski definition) is 1. The summed E-state index contributed by atoms with van der Waals surface area (Å²) in [7, 11) is -0.355. The van der Waals surface area contributed by atoms with Crippen LogP contribution in [0.3, 0.4) is 0 Å². The molecule has 1 aliphatic rings. The Labute approximate surface area is 175 Å². The van der Waals surface area contributed by atoms with Gasteiger partial charge in [-0.1, -0.05) is 0 Å². The molecule has 1 N–H and O–H groups in total. The maximum absolute atomic E-state index is 12.9. The van der Waals surface area contributed by atoms with E-state index in [0.29, 0.717) is 49.1 Å². The highest BCUT2D eigenvalue weighted by atomic mass is 32.2. The van der Waals surface area contributed by atoms with Crippen molar-refractivity contribution < 1.29 is 22.6 Å². The van der Waals surface area contributed by atoms with Crippen LogP contribution >= 0.6 is 0 Å². The summed E-state index contributed by atoms with van der Waals surface area (Å²) in [6, 6.07) is 14.1. The van der Waals surface area contributed by atoms with E-state index in [2.05, 4.69) is 10.3 Å². The van der Waals surface area contributed by atoms with E-state index >= 15 is 0 Å². The average molecular weight is 429 g/mol. The fourth-order valence-electron chi connectivity index (χ4n) is 3.32. The minimum Gasteiger partial charge on any atom is -0.497 e. The topological polar surface area (TPSA) is 90.0 Å². The first-order valence-electron chi connectivity index (χ1n) is 9.49. The summed E-state index contributed by atoms with van der Waals surface area (Å²) in [6.07, 6.45) is 0. The Morgan fingerprint density at radius 1 is 1.00 bits per heavy atom. The Hall–Kier alpha value is -2.88. The number of sulfonamides is 1. The Morgan fingerprint density at radius 2 is 1.80 bits per heavy atom. The fraction of sp³-hybridized carbons (Fsp3) is 0.286. The predicted octanol–water partition coefficient (Wildman–Crippen LogP) is 3.02. The monoisotopic (exact) mass is 429 g/mol. The van der Waals surface area contributed by atoms with E-state index in [0.717, 1.165) is 11.1 Å². The predicted molar refractivity (Wildman–Crippen MR) is 114 cm³/mol. The van der Waals surface area contributed by atoms with Gasteiger partial charge in [-0.25, -0.2) is 13.4 Å². The number of methoxy groups -OCH3 is 2. The van der Waals surface area contributed by atoms with Crippen molar-refractivity contribution in [2.75, 3.05) is 45.8 Å². The molecule has 0 unspecified atom stereocenters. The molecule has 3 aromatic rings. The van der Waals surface area contributed by atoms with Gasteiger partial charge < -0.3 is 19.5 Å². The zero-order chi connectivity index (χ0) is 21.1. The first kappa shape index (κ1) is 20.4. The van der Waals surface area contributed by atoms with Crippen LogP contribution in [-0.4, -0.2) is 58.2 Å². The van der Waals surface area contributed by atoms with E-state index in [1.807, 2.05) is 24.3 Å². The van der Waals surface area contributed by atoms with Crippen molar-refractivity contribution in [1.82, 2.24) is 9.29 Å². The van der Waals surface area contributed by atoms with Crippen LogP contribution in [0.2, 0.25) is 0 Å². The number of nitrogens with zero attached hydrogens (tertiary/aromatic N) is 2. The molecular formula is C21H23N3O5S. The SMILES string of the molecule is COc1ccc(OC)c(Nc2ccc3cc(S(=O)(=O)N4CCOCC4)ccc3n2)c1. The standard InChI is InChI=1S/C21H23N3O5S/c1-27-16-4-7-20(28-2)19(14-16)23-21-8-3-15-13-17(5-6-18(15)22-21)30(25,26)24-9-11-29-12-10-24/h3-8,13-14H,9-12H2,1-2H3,(H,22,23). The Morgan fingerprint density at radius 3 is 2.53 bits per heavy atom. The number of anilines is 2. The number of hydrogen-bond acceptors (Lipinski definition) is 7. The molecule has 0 radical (unpaired) electrons. The van der Waals surface area contributed by atoms with Gasteiger partial charge in [0, 0.05) is 24.5 Å². The third-order valence-corrected chi connectivity index (χ3v) is 6.83. The number of fused-ring (bicyclic) bond motifs is 1. The van der Waals surface area contributed by atoms with Crippen molar-refractivity contribution in [1.29, 1.82) is 0 Å². The molecule has 158 valence electrons. The van der Waals surface area contributed by atoms with E-state index in [9.17, 15) is 8.42 Å². The van der Waals surface area contributed by atoms with Gasteiger partial charge in [-0.15, -0.1) is 0 Å². The second kappa shape index (κ2) is 8.47. The molecule has 4 rings (SSSR count). The van der Waals surface area contributed by atoms with E-state index in [1.54, 1.807) is 38.5 Å². The quantitative estimate of drug-likeness (QED) is 0.644. The molecule has 1 aromatic heterocycles. The first-order chi connectivity index (χ1) is 14.5. The number of morpholine rings is 1. The summed E-state index contributed by atoms with van der Waals surface area (Å²) in [4.78, 5) is 4.86. The van der Waals surface area contributed by atoms with Crippen LogP contribution < -0.4 is 14.8 Å². The minimum absolute atomic E-state index is 0.258. The number of pyridine rings is 1. The molecule has 9 heteroatoms. The summed E-state index contributed by atoms with van der Waals surface area (Å²) in [6.45, 7) is 1.56. The van der Waals surface area contributed by atoms with Gasteiger partial charge >= 0.3 is 0 Å². The largest absolute Gasteiger partial charge is 0.497 e. The van der Waals surface area contributed by atoms with Crippen LogP contribution in [0.4, 0.5) is 11.5 Å². The fourth-order valence-corrected chi connectivity index (χ4v) is 4.76. The van der Waals surface area contributed by atoms with E-state index < -0.39 is 10.0 Å². The molecule has 0 spiro atoms. The van der Waals surface area contributed by atoms with Gasteiger partial charge in [-0.05, 0) is 42.5 Å². The number of aromatic nitrogens is 1. The maximum Gasteiger partial charge on any atom is 0.243 e. The van der Waals surface area contributed by atoms with Crippen LogP contribution in [0, 0.1) is 0 Å². The van der Waals surface area contributed by atoms with Gasteiger partial charge in [0.25, 0.3) is 0 Å². The van der Waals surface area contributed by atoms with Crippen molar-refractivity contribution in [3.05, 3.63) is 48.5 Å². The van der Waals surface area contributed by atoms with Crippen molar-refractivity contribution in [2.24, 2.45) is 0 Å². The van der Waals surface area contributed by atoms with E-state index in [1.165, 1.54) is 4.31 Å². The molecule has 0 amide bonds. The van der Waals surface area contributed by atoms with E-state index in [4.69, 9.17) is 14.2 Å². The lowest BCUT2D eigenvalue weighted by atomic mass is 10.2. The molecule has 1 aliphatic heterocycles. The highest BCUT2D eigenvalue weighted by Crippen LogP contribution is 2.32. The van der Waals surface area contributed by atoms with Crippen LogP contribution in [0.5, 0.6) is 11.5 Å². The van der Waals surface area contributed by atoms with Crippen LogP contribution in [0.1, 0.15) is 0 Å². The minimum atomic E-state index is -3.55. The van der Waals surface area contributed by atoms with Crippen LogP contribution in [0.15, 0.2) is 53.4 Å². The molecule has 30 heavy (non-hydrogen) atoms. The second-order valence-corrected chi connectivity index (χ2v) is 8.70. The van der Waals surface area contributed by atoms with Crippen LogP contribution in [0.25, 0.3) is 10.9 Å². The third-order valence-electron chi connectivity index (χ3n) is 4.94. The second-order valence-electron chi connectivity index (χ2n) is 6.76. The van der Waals surface area contributed by atoms with Gasteiger partial charge in [-0.3, -0.25) is 0 Å². The zero-order valence-electron chi connectivity index (χ0n) is 16.8. The lowest BCUT2D eigenvalue weighted by molar-refractivity contribution is 0.0730. The summed E-state index contributed by atoms with van der Waals surface area (Å²) in [5.41, 5.74) is 1.40. The smallest absolute Gasteiger partial charge is 0.243 e. The first-order valence-corrected chi connectivity index (χ1v) is 10.9. The number of ether oxygens (including phenoxy) is 3. The van der Waals surface area contributed by atoms with Crippen molar-refractivity contribution in [3.63, 3.8) is 0 Å². The van der Waals surface area contributed by atoms with Gasteiger partial charge in [0.15, 0.2) is 0 Å². The molecular weight excluding hydrogens is 406 g/mol. The molecule has 1 fully saturated rings. The molecule has 2 aromatic carbocycles. The average Bonchev–Trinajstić information content (AvgIpc) is 2.79. The number of benzene rings is 2. The van der Waals surface area contributed by atoms with Gasteiger partial charge in [0.1, 0.15) is 17.3 Å². The lowest BCUT2D eigenvalue weighted by Gasteiger charge is -2.26.